The van der Waals surface area contributed by atoms with E-state index in [1.807, 2.05) is 6.07 Å². The van der Waals surface area contributed by atoms with Crippen LogP contribution >= 0.6 is 0 Å². The second kappa shape index (κ2) is 5.67. The molecule has 0 aliphatic heterocycles. The van der Waals surface area contributed by atoms with Gasteiger partial charge in [-0.25, -0.2) is 0 Å². The fraction of sp³-hybridized carbons (Fsp3) is 0.526. The van der Waals surface area contributed by atoms with Crippen LogP contribution in [0.3, 0.4) is 0 Å². The van der Waals surface area contributed by atoms with Crippen molar-refractivity contribution in [1.29, 1.82) is 0 Å². The van der Waals surface area contributed by atoms with Crippen molar-refractivity contribution in [2.24, 2.45) is 17.3 Å². The Morgan fingerprint density at radius 1 is 1.24 bits per heavy atom. The first-order valence-corrected chi connectivity index (χ1v) is 7.61. The highest BCUT2D eigenvalue weighted by Gasteiger charge is 2.61. The van der Waals surface area contributed by atoms with Crippen molar-refractivity contribution in [3.63, 3.8) is 0 Å². The lowest BCUT2D eigenvalue weighted by molar-refractivity contribution is -0.147. The predicted molar refractivity (Wildman–Crippen MR) is 85.9 cm³/mol. The summed E-state index contributed by atoms with van der Waals surface area (Å²) in [5.74, 6) is 0.245. The number of esters is 1. The van der Waals surface area contributed by atoms with Crippen molar-refractivity contribution in [2.75, 3.05) is 0 Å². The smallest absolute Gasteiger partial charge is 0.310 e. The zero-order valence-electron chi connectivity index (χ0n) is 14.0. The van der Waals surface area contributed by atoms with Gasteiger partial charge in [0.05, 0.1) is 5.92 Å². The van der Waals surface area contributed by atoms with E-state index in [4.69, 9.17) is 4.74 Å². The molecule has 1 fully saturated rings. The van der Waals surface area contributed by atoms with Gasteiger partial charge in [0.2, 0.25) is 0 Å². The maximum absolute atomic E-state index is 12.3. The van der Waals surface area contributed by atoms with Gasteiger partial charge in [-0.3, -0.25) is 4.79 Å². The van der Waals surface area contributed by atoms with Crippen LogP contribution in [0, 0.1) is 31.1 Å². The van der Waals surface area contributed by atoms with Gasteiger partial charge >= 0.3 is 5.97 Å². The summed E-state index contributed by atoms with van der Waals surface area (Å²) in [6, 6.07) is 6.20. The van der Waals surface area contributed by atoms with Crippen molar-refractivity contribution >= 4 is 5.97 Å². The van der Waals surface area contributed by atoms with Gasteiger partial charge in [0.25, 0.3) is 0 Å². The molecule has 0 heterocycles. The van der Waals surface area contributed by atoms with E-state index >= 15 is 0 Å². The van der Waals surface area contributed by atoms with Gasteiger partial charge in [0.15, 0.2) is 0 Å². The molecule has 0 aromatic heterocycles. The van der Waals surface area contributed by atoms with Crippen molar-refractivity contribution in [3.8, 4) is 0 Å². The molecule has 114 valence electrons. The lowest BCUT2D eigenvalue weighted by Crippen LogP contribution is -2.10. The molecule has 2 heteroatoms. The van der Waals surface area contributed by atoms with Crippen LogP contribution in [0.4, 0.5) is 0 Å². The Balaban J connectivity index is 1.97. The van der Waals surface area contributed by atoms with Gasteiger partial charge in [-0.2, -0.15) is 0 Å². The van der Waals surface area contributed by atoms with Crippen LogP contribution in [0.15, 0.2) is 29.8 Å². The zero-order chi connectivity index (χ0) is 15.8. The highest BCUT2D eigenvalue weighted by atomic mass is 16.5. The van der Waals surface area contributed by atoms with Gasteiger partial charge in [-0.1, -0.05) is 43.7 Å². The number of aryl methyl sites for hydroxylation is 2. The van der Waals surface area contributed by atoms with E-state index in [-0.39, 0.29) is 17.3 Å². The minimum Gasteiger partial charge on any atom is -0.461 e. The topological polar surface area (TPSA) is 26.3 Å². The Kier molecular flexibility index (Phi) is 4.27. The quantitative estimate of drug-likeness (QED) is 0.598. The Morgan fingerprint density at radius 3 is 2.48 bits per heavy atom. The number of hydrogen-bond donors (Lipinski definition) is 0. The molecule has 2 atom stereocenters. The van der Waals surface area contributed by atoms with Gasteiger partial charge in [-0.15, -0.1) is 0 Å². The standard InChI is InChI=1S/C19H26O2/c1-12(2)9-16-17(19(16,5)6)18(20)21-11-15-8-7-13(3)14(4)10-15/h7-10,16-17H,11H2,1-6H3. The first-order chi connectivity index (χ1) is 9.73. The Morgan fingerprint density at radius 2 is 1.90 bits per heavy atom. The van der Waals surface area contributed by atoms with Gasteiger partial charge < -0.3 is 4.74 Å². The summed E-state index contributed by atoms with van der Waals surface area (Å²) in [6.07, 6.45) is 2.20. The summed E-state index contributed by atoms with van der Waals surface area (Å²) in [7, 11) is 0. The first-order valence-electron chi connectivity index (χ1n) is 7.61. The van der Waals surface area contributed by atoms with E-state index in [1.165, 1.54) is 16.7 Å². The van der Waals surface area contributed by atoms with Crippen molar-refractivity contribution in [3.05, 3.63) is 46.5 Å². The highest BCUT2D eigenvalue weighted by Crippen LogP contribution is 2.59. The second-order valence-electron chi connectivity index (χ2n) is 7.10. The van der Waals surface area contributed by atoms with Crippen molar-refractivity contribution in [1.82, 2.24) is 0 Å². The molecule has 1 aliphatic carbocycles. The normalized spacial score (nSPS) is 22.6. The number of ether oxygens (including phenoxy) is 1. The Labute approximate surface area is 128 Å². The van der Waals surface area contributed by atoms with E-state index in [0.717, 1.165) is 5.56 Å². The molecule has 0 spiro atoms. The van der Waals surface area contributed by atoms with Crippen molar-refractivity contribution in [2.45, 2.75) is 48.1 Å². The molecule has 1 aromatic carbocycles. The van der Waals surface area contributed by atoms with Crippen LogP contribution in [-0.4, -0.2) is 5.97 Å². The van der Waals surface area contributed by atoms with Crippen LogP contribution in [0.25, 0.3) is 0 Å². The lowest BCUT2D eigenvalue weighted by Gasteiger charge is -2.08. The largest absolute Gasteiger partial charge is 0.461 e. The molecule has 0 bridgehead atoms. The maximum Gasteiger partial charge on any atom is 0.310 e. The third kappa shape index (κ3) is 3.37. The number of benzene rings is 1. The number of carbonyl (C=O) groups is 1. The molecule has 0 amide bonds. The lowest BCUT2D eigenvalue weighted by atomic mass is 10.1. The first kappa shape index (κ1) is 15.8. The summed E-state index contributed by atoms with van der Waals surface area (Å²) in [5.41, 5.74) is 4.84. The van der Waals surface area contributed by atoms with Crippen LogP contribution in [0.5, 0.6) is 0 Å². The molecule has 1 aliphatic rings. The fourth-order valence-corrected chi connectivity index (χ4v) is 2.94. The molecule has 0 N–H and O–H groups in total. The molecular formula is C19H26O2. The third-order valence-corrected chi connectivity index (χ3v) is 4.63. The molecule has 2 nitrogen and oxygen atoms in total. The molecular weight excluding hydrogens is 260 g/mol. The summed E-state index contributed by atoms with van der Waals surface area (Å²) >= 11 is 0. The fourth-order valence-electron chi connectivity index (χ4n) is 2.94. The van der Waals surface area contributed by atoms with Gasteiger partial charge in [-0.05, 0) is 55.7 Å². The Hall–Kier alpha value is -1.57. The highest BCUT2D eigenvalue weighted by molar-refractivity contribution is 5.78. The zero-order valence-corrected chi connectivity index (χ0v) is 14.0. The predicted octanol–water partition coefficient (Wildman–Crippen LogP) is 4.59. The van der Waals surface area contributed by atoms with Crippen molar-refractivity contribution < 1.29 is 9.53 Å². The molecule has 21 heavy (non-hydrogen) atoms. The molecule has 2 rings (SSSR count). The van der Waals surface area contributed by atoms with E-state index in [9.17, 15) is 4.79 Å². The van der Waals surface area contributed by atoms with Crippen LogP contribution < -0.4 is 0 Å². The van der Waals surface area contributed by atoms with Crippen LogP contribution in [-0.2, 0) is 16.1 Å². The molecule has 0 radical (unpaired) electrons. The van der Waals surface area contributed by atoms with Gasteiger partial charge in [0.1, 0.15) is 6.61 Å². The van der Waals surface area contributed by atoms with Gasteiger partial charge in [0, 0.05) is 0 Å². The molecule has 1 saturated carbocycles. The second-order valence-corrected chi connectivity index (χ2v) is 7.10. The summed E-state index contributed by atoms with van der Waals surface area (Å²) < 4.78 is 5.53. The monoisotopic (exact) mass is 286 g/mol. The number of rotatable bonds is 4. The van der Waals surface area contributed by atoms with E-state index in [2.05, 4.69) is 59.8 Å². The minimum atomic E-state index is -0.0688. The van der Waals surface area contributed by atoms with E-state index < -0.39 is 0 Å². The number of allylic oxidation sites excluding steroid dienone is 2. The summed E-state index contributed by atoms with van der Waals surface area (Å²) in [6.45, 7) is 13.0. The number of carbonyl (C=O) groups excluding carboxylic acids is 1. The average Bonchev–Trinajstić information content (AvgIpc) is 2.91. The Bertz CT molecular complexity index is 577. The van der Waals surface area contributed by atoms with E-state index in [1.54, 1.807) is 0 Å². The van der Waals surface area contributed by atoms with E-state index in [0.29, 0.717) is 12.5 Å². The third-order valence-electron chi connectivity index (χ3n) is 4.63. The summed E-state index contributed by atoms with van der Waals surface area (Å²) in [4.78, 5) is 12.3. The van der Waals surface area contributed by atoms with Crippen LogP contribution in [0.2, 0.25) is 0 Å². The molecule has 1 aromatic rings. The maximum atomic E-state index is 12.3. The summed E-state index contributed by atoms with van der Waals surface area (Å²) in [5, 5.41) is 0. The molecule has 0 saturated heterocycles. The average molecular weight is 286 g/mol. The SMILES string of the molecule is CC(C)=CC1C(C(=O)OCc2ccc(C)c(C)c2)C1(C)C. The van der Waals surface area contributed by atoms with Crippen LogP contribution in [0.1, 0.15) is 44.4 Å². The molecule has 2 unspecified atom stereocenters. The number of hydrogen-bond acceptors (Lipinski definition) is 2. The minimum absolute atomic E-state index is 0.000977.